The first kappa shape index (κ1) is 16.6. The van der Waals surface area contributed by atoms with Gasteiger partial charge in [0.2, 0.25) is 0 Å². The lowest BCUT2D eigenvalue weighted by Gasteiger charge is -2.15. The number of hydrogen-bond acceptors (Lipinski definition) is 2. The molecule has 0 bridgehead atoms. The lowest BCUT2D eigenvalue weighted by molar-refractivity contribution is 0.440. The molecule has 2 N–H and O–H groups in total. The van der Waals surface area contributed by atoms with E-state index in [1.165, 1.54) is 12.8 Å². The molecule has 1 atom stereocenters. The summed E-state index contributed by atoms with van der Waals surface area (Å²) in [5.41, 5.74) is 0.744. The van der Waals surface area contributed by atoms with Gasteiger partial charge in [0.15, 0.2) is 0 Å². The third-order valence-electron chi connectivity index (χ3n) is 3.17. The van der Waals surface area contributed by atoms with Gasteiger partial charge >= 0.3 is 0 Å². The average molecular weight is 304 g/mol. The Labute approximate surface area is 126 Å². The van der Waals surface area contributed by atoms with Crippen LogP contribution >= 0.6 is 23.2 Å². The minimum atomic E-state index is 0.118. The van der Waals surface area contributed by atoms with Crippen LogP contribution in [0.25, 0.3) is 0 Å². The number of rotatable bonds is 7. The van der Waals surface area contributed by atoms with Crippen LogP contribution in [0.4, 0.5) is 0 Å². The molecule has 1 aromatic carbocycles. The van der Waals surface area contributed by atoms with E-state index in [1.807, 2.05) is 0 Å². The zero-order chi connectivity index (χ0) is 14.4. The Bertz CT molecular complexity index is 407. The lowest BCUT2D eigenvalue weighted by Crippen LogP contribution is -2.25. The van der Waals surface area contributed by atoms with Gasteiger partial charge in [0, 0.05) is 23.2 Å². The molecule has 0 fully saturated rings. The van der Waals surface area contributed by atoms with E-state index in [1.54, 1.807) is 12.1 Å². The van der Waals surface area contributed by atoms with Crippen molar-refractivity contribution in [3.63, 3.8) is 0 Å². The Kier molecular flexibility index (Phi) is 6.98. The molecule has 0 amide bonds. The Morgan fingerprint density at radius 1 is 1.16 bits per heavy atom. The molecule has 0 saturated heterocycles. The van der Waals surface area contributed by atoms with E-state index >= 15 is 0 Å². The second kappa shape index (κ2) is 7.98. The third kappa shape index (κ3) is 6.03. The number of halogens is 2. The molecule has 0 spiro atoms. The van der Waals surface area contributed by atoms with Gasteiger partial charge in [-0.3, -0.25) is 0 Å². The first-order chi connectivity index (χ1) is 8.90. The van der Waals surface area contributed by atoms with Crippen LogP contribution in [0.5, 0.6) is 5.75 Å². The highest BCUT2D eigenvalue weighted by molar-refractivity contribution is 6.35. The largest absolute Gasteiger partial charge is 0.506 e. The molecule has 0 aliphatic carbocycles. The fourth-order valence-electron chi connectivity index (χ4n) is 1.97. The van der Waals surface area contributed by atoms with E-state index in [0.29, 0.717) is 22.6 Å². The van der Waals surface area contributed by atoms with Crippen molar-refractivity contribution in [1.29, 1.82) is 0 Å². The van der Waals surface area contributed by atoms with Gasteiger partial charge in [-0.1, -0.05) is 49.9 Å². The summed E-state index contributed by atoms with van der Waals surface area (Å²) in [5.74, 6) is 0.871. The predicted octanol–water partition coefficient (Wildman–Crippen LogP) is 5.00. The van der Waals surface area contributed by atoms with E-state index in [0.717, 1.165) is 17.9 Å². The summed E-state index contributed by atoms with van der Waals surface area (Å²) in [7, 11) is 0. The maximum atomic E-state index is 9.85. The van der Waals surface area contributed by atoms with Crippen molar-refractivity contribution < 1.29 is 5.11 Å². The molecule has 0 heterocycles. The maximum Gasteiger partial charge on any atom is 0.138 e. The zero-order valence-electron chi connectivity index (χ0n) is 11.8. The molecule has 1 unspecified atom stereocenters. The molecule has 0 aliphatic rings. The van der Waals surface area contributed by atoms with Gasteiger partial charge in [-0.15, -0.1) is 0 Å². The predicted molar refractivity (Wildman–Crippen MR) is 83.1 cm³/mol. The van der Waals surface area contributed by atoms with Crippen LogP contribution in [0, 0.1) is 5.92 Å². The Hall–Kier alpha value is -0.440. The summed E-state index contributed by atoms with van der Waals surface area (Å²) in [6.45, 7) is 7.21. The quantitative estimate of drug-likeness (QED) is 0.742. The molecular weight excluding hydrogens is 281 g/mol. The van der Waals surface area contributed by atoms with Crippen molar-refractivity contribution in [3.8, 4) is 5.75 Å². The molecule has 1 aromatic rings. The van der Waals surface area contributed by atoms with Crippen molar-refractivity contribution in [2.75, 3.05) is 0 Å². The van der Waals surface area contributed by atoms with Gasteiger partial charge in [-0.05, 0) is 31.4 Å². The summed E-state index contributed by atoms with van der Waals surface area (Å²) in [4.78, 5) is 0. The topological polar surface area (TPSA) is 32.3 Å². The van der Waals surface area contributed by atoms with Crippen LogP contribution in [0.1, 0.15) is 45.6 Å². The minimum Gasteiger partial charge on any atom is -0.506 e. The summed E-state index contributed by atoms with van der Waals surface area (Å²) in [5, 5.41) is 14.1. The standard InChI is InChI=1S/C15H23Cl2NO/c1-10(2)5-4-6-11(3)18-9-12-7-13(16)8-14(17)15(12)19/h7-8,10-11,18-19H,4-6,9H2,1-3H3. The molecule has 19 heavy (non-hydrogen) atoms. The molecule has 4 heteroatoms. The molecular formula is C15H23Cl2NO. The molecule has 1 rings (SSSR count). The van der Waals surface area contributed by atoms with E-state index in [4.69, 9.17) is 23.2 Å². The minimum absolute atomic E-state index is 0.118. The molecule has 0 aliphatic heterocycles. The first-order valence-corrected chi connectivity index (χ1v) is 7.56. The zero-order valence-corrected chi connectivity index (χ0v) is 13.4. The molecule has 0 aromatic heterocycles. The number of nitrogens with one attached hydrogen (secondary N) is 1. The smallest absolute Gasteiger partial charge is 0.138 e. The molecule has 0 saturated carbocycles. The van der Waals surface area contributed by atoms with Crippen LogP contribution in [0.2, 0.25) is 10.0 Å². The van der Waals surface area contributed by atoms with Crippen LogP contribution in [-0.4, -0.2) is 11.1 Å². The van der Waals surface area contributed by atoms with Gasteiger partial charge in [0.1, 0.15) is 5.75 Å². The van der Waals surface area contributed by atoms with Gasteiger partial charge < -0.3 is 10.4 Å². The van der Waals surface area contributed by atoms with Crippen molar-refractivity contribution in [2.45, 2.75) is 52.6 Å². The lowest BCUT2D eigenvalue weighted by atomic mass is 10.0. The van der Waals surface area contributed by atoms with E-state index in [-0.39, 0.29) is 5.75 Å². The van der Waals surface area contributed by atoms with Gasteiger partial charge in [-0.25, -0.2) is 0 Å². The van der Waals surface area contributed by atoms with Crippen molar-refractivity contribution in [3.05, 3.63) is 27.7 Å². The fourth-order valence-corrected chi connectivity index (χ4v) is 2.51. The SMILES string of the molecule is CC(C)CCCC(C)NCc1cc(Cl)cc(Cl)c1O. The van der Waals surface area contributed by atoms with E-state index in [2.05, 4.69) is 26.1 Å². The summed E-state index contributed by atoms with van der Waals surface area (Å²) in [6.07, 6.45) is 3.60. The number of aromatic hydroxyl groups is 1. The first-order valence-electron chi connectivity index (χ1n) is 6.80. The van der Waals surface area contributed by atoms with Crippen LogP contribution in [-0.2, 0) is 6.54 Å². The maximum absolute atomic E-state index is 9.85. The number of hydrogen-bond donors (Lipinski definition) is 2. The normalized spacial score (nSPS) is 12.9. The average Bonchev–Trinajstić information content (AvgIpc) is 2.31. The highest BCUT2D eigenvalue weighted by Gasteiger charge is 2.09. The fraction of sp³-hybridized carbons (Fsp3) is 0.600. The van der Waals surface area contributed by atoms with E-state index in [9.17, 15) is 5.11 Å². The van der Waals surface area contributed by atoms with Crippen molar-refractivity contribution >= 4 is 23.2 Å². The number of phenols is 1. The van der Waals surface area contributed by atoms with Crippen molar-refractivity contribution in [2.24, 2.45) is 5.92 Å². The van der Waals surface area contributed by atoms with Crippen LogP contribution < -0.4 is 5.32 Å². The highest BCUT2D eigenvalue weighted by Crippen LogP contribution is 2.31. The number of benzene rings is 1. The van der Waals surface area contributed by atoms with E-state index < -0.39 is 0 Å². The second-order valence-corrected chi connectivity index (χ2v) is 6.35. The van der Waals surface area contributed by atoms with Crippen LogP contribution in [0.3, 0.4) is 0 Å². The van der Waals surface area contributed by atoms with Crippen molar-refractivity contribution in [1.82, 2.24) is 5.32 Å². The second-order valence-electron chi connectivity index (χ2n) is 5.50. The Morgan fingerprint density at radius 3 is 2.47 bits per heavy atom. The monoisotopic (exact) mass is 303 g/mol. The number of phenolic OH excluding ortho intramolecular Hbond substituents is 1. The van der Waals surface area contributed by atoms with Crippen LogP contribution in [0.15, 0.2) is 12.1 Å². The summed E-state index contributed by atoms with van der Waals surface area (Å²) >= 11 is 11.8. The molecule has 108 valence electrons. The summed E-state index contributed by atoms with van der Waals surface area (Å²) < 4.78 is 0. The highest BCUT2D eigenvalue weighted by atomic mass is 35.5. The van der Waals surface area contributed by atoms with Gasteiger partial charge in [0.25, 0.3) is 0 Å². The Morgan fingerprint density at radius 2 is 1.84 bits per heavy atom. The van der Waals surface area contributed by atoms with Gasteiger partial charge in [0.05, 0.1) is 5.02 Å². The molecule has 2 nitrogen and oxygen atoms in total. The third-order valence-corrected chi connectivity index (χ3v) is 3.67. The van der Waals surface area contributed by atoms with Gasteiger partial charge in [-0.2, -0.15) is 0 Å². The Balaban J connectivity index is 2.44. The summed E-state index contributed by atoms with van der Waals surface area (Å²) in [6, 6.07) is 3.71. The molecule has 0 radical (unpaired) electrons.